The number of halogens is 4. The van der Waals surface area contributed by atoms with Crippen LogP contribution in [-0.4, -0.2) is 0 Å². The topological polar surface area (TPSA) is 0 Å². The Morgan fingerprint density at radius 2 is 1.34 bits per heavy atom. The number of hydrogen-bond acceptors (Lipinski definition) is 0. The Balaban J connectivity index is 0.000000263. The summed E-state index contributed by atoms with van der Waals surface area (Å²) in [6.45, 7) is 0. The van der Waals surface area contributed by atoms with Crippen molar-refractivity contribution >= 4 is 50.3 Å². The zero-order valence-electron chi connectivity index (χ0n) is 15.3. The summed E-state index contributed by atoms with van der Waals surface area (Å²) >= 11 is 11.9. The van der Waals surface area contributed by atoms with Gasteiger partial charge in [-0.2, -0.15) is 17.7 Å². The predicted molar refractivity (Wildman–Crippen MR) is 114 cm³/mol. The van der Waals surface area contributed by atoms with Crippen LogP contribution in [0.1, 0.15) is 12.0 Å². The summed E-state index contributed by atoms with van der Waals surface area (Å²) in [6.07, 6.45) is 8.12. The van der Waals surface area contributed by atoms with Crippen molar-refractivity contribution in [1.82, 2.24) is 0 Å². The minimum absolute atomic E-state index is 0. The molecule has 0 bridgehead atoms. The number of hydrogen-bond donors (Lipinski definition) is 0. The zero-order chi connectivity index (χ0) is 17.9. The molecule has 144 valence electrons. The second-order valence-corrected chi connectivity index (χ2v) is 6.90. The van der Waals surface area contributed by atoms with Gasteiger partial charge in [0, 0.05) is 10.0 Å². The van der Waals surface area contributed by atoms with E-state index in [1.807, 2.05) is 24.3 Å². The summed E-state index contributed by atoms with van der Waals surface area (Å²) in [5, 5.41) is 6.59. The molecule has 0 saturated carbocycles. The first-order valence-electron chi connectivity index (χ1n) is 8.49. The Bertz CT molecular complexity index is 1090. The van der Waals surface area contributed by atoms with Gasteiger partial charge >= 0.3 is 26.2 Å². The van der Waals surface area contributed by atoms with Gasteiger partial charge in [-0.25, -0.2) is 0 Å². The molecule has 4 aromatic carbocycles. The van der Waals surface area contributed by atoms with Gasteiger partial charge in [0.2, 0.25) is 0 Å². The van der Waals surface area contributed by atoms with E-state index < -0.39 is 0 Å². The maximum atomic E-state index is 6.05. The van der Waals surface area contributed by atoms with Crippen LogP contribution < -0.4 is 24.8 Å². The summed E-state index contributed by atoms with van der Waals surface area (Å²) in [7, 11) is 0. The number of allylic oxidation sites excluding steroid dienone is 4. The predicted octanol–water partition coefficient (Wildman–Crippen LogP) is 1.86. The summed E-state index contributed by atoms with van der Waals surface area (Å²) in [4.78, 5) is 0. The molecule has 0 radical (unpaired) electrons. The van der Waals surface area contributed by atoms with Crippen molar-refractivity contribution in [1.29, 1.82) is 0 Å². The largest absolute Gasteiger partial charge is 4.00 e. The molecule has 0 saturated heterocycles. The van der Waals surface area contributed by atoms with E-state index in [2.05, 4.69) is 60.7 Å². The molecule has 0 atom stereocenters. The monoisotopic (exact) mass is 534 g/mol. The van der Waals surface area contributed by atoms with Gasteiger partial charge in [0.1, 0.15) is 0 Å². The molecule has 0 aliphatic heterocycles. The summed E-state index contributed by atoms with van der Waals surface area (Å²) in [5.41, 5.74) is 2.00. The smallest absolute Gasteiger partial charge is 1.00 e. The van der Waals surface area contributed by atoms with E-state index >= 15 is 0 Å². The molecule has 0 amide bonds. The quantitative estimate of drug-likeness (QED) is 0.326. The van der Waals surface area contributed by atoms with Gasteiger partial charge in [-0.3, -0.25) is 0 Å². The van der Waals surface area contributed by atoms with E-state index in [4.69, 9.17) is 23.2 Å². The summed E-state index contributed by atoms with van der Waals surface area (Å²) < 4.78 is 0. The molecule has 0 N–H and O–H groups in total. The minimum atomic E-state index is 0. The van der Waals surface area contributed by atoms with E-state index in [0.717, 1.165) is 17.6 Å². The van der Waals surface area contributed by atoms with E-state index in [1.54, 1.807) is 6.07 Å². The van der Waals surface area contributed by atoms with Crippen LogP contribution in [0.15, 0.2) is 84.9 Å². The normalized spacial score (nSPS) is 11.6. The van der Waals surface area contributed by atoms with Crippen LogP contribution in [-0.2, 0) is 26.2 Å². The molecule has 5 rings (SSSR count). The van der Waals surface area contributed by atoms with Gasteiger partial charge in [0.25, 0.3) is 0 Å². The SMILES string of the molecule is Clc1cccc(C2=[C-]CC=C2)c1Cl.[Cl-].[Cl-].[Zr+4].c1ccc2c(c1)[cH-]c1ccccc12. The zero-order valence-corrected chi connectivity index (χ0v) is 20.8. The first kappa shape index (κ1) is 26.1. The van der Waals surface area contributed by atoms with Gasteiger partial charge in [-0.1, -0.05) is 72.1 Å². The fraction of sp³-hybridized carbons (Fsp3) is 0.0417. The van der Waals surface area contributed by atoms with Crippen molar-refractivity contribution in [2.24, 2.45) is 0 Å². The van der Waals surface area contributed by atoms with E-state index in [0.29, 0.717) is 10.0 Å². The van der Waals surface area contributed by atoms with Gasteiger partial charge in [0.05, 0.1) is 0 Å². The minimum Gasteiger partial charge on any atom is -1.00 e. The molecule has 0 spiro atoms. The van der Waals surface area contributed by atoms with E-state index in [9.17, 15) is 0 Å². The van der Waals surface area contributed by atoms with Crippen LogP contribution in [0.5, 0.6) is 0 Å². The molecule has 1 aliphatic rings. The molecule has 0 nitrogen and oxygen atoms in total. The van der Waals surface area contributed by atoms with Crippen molar-refractivity contribution in [3.05, 3.63) is 107 Å². The molecule has 0 unspecified atom stereocenters. The average Bonchev–Trinajstić information content (AvgIpc) is 3.32. The average molecular weight is 537 g/mol. The third-order valence-electron chi connectivity index (χ3n) is 4.46. The van der Waals surface area contributed by atoms with Crippen LogP contribution >= 0.6 is 23.2 Å². The first-order chi connectivity index (χ1) is 12.7. The van der Waals surface area contributed by atoms with E-state index in [-0.39, 0.29) is 51.0 Å². The summed E-state index contributed by atoms with van der Waals surface area (Å²) in [6, 6.07) is 24.9. The van der Waals surface area contributed by atoms with Crippen LogP contribution in [0.4, 0.5) is 0 Å². The molecule has 29 heavy (non-hydrogen) atoms. The van der Waals surface area contributed by atoms with Gasteiger partial charge < -0.3 is 24.8 Å². The second kappa shape index (κ2) is 12.0. The Hall–Kier alpha value is -0.947. The second-order valence-electron chi connectivity index (χ2n) is 6.12. The molecule has 1 aliphatic carbocycles. The molecule has 4 aromatic rings. The van der Waals surface area contributed by atoms with E-state index in [1.165, 1.54) is 21.5 Å². The fourth-order valence-corrected chi connectivity index (χ4v) is 3.61. The maximum absolute atomic E-state index is 6.05. The Morgan fingerprint density at radius 3 is 1.90 bits per heavy atom. The molecule has 0 heterocycles. The maximum Gasteiger partial charge on any atom is 4.00 e. The van der Waals surface area contributed by atoms with Crippen molar-refractivity contribution < 1.29 is 51.0 Å². The van der Waals surface area contributed by atoms with Crippen molar-refractivity contribution in [2.75, 3.05) is 0 Å². The molecular formula is C24H16Cl4Zr. The Kier molecular flexibility index (Phi) is 10.8. The molecular weight excluding hydrogens is 521 g/mol. The molecule has 0 fully saturated rings. The molecule has 0 aromatic heterocycles. The number of benzene rings is 3. The standard InChI is InChI=1S/C13H9.C11H7Cl2.2ClH.Zr/c1-3-7-12-10(5-1)9-11-6-2-4-8-13(11)12;12-10-7-3-6-9(11(10)13)8-4-1-2-5-8;;;/h1-9H;1,3-4,6-7H,2H2;2*1H;/q2*-1;;;+4/p-2. The third-order valence-corrected chi connectivity index (χ3v) is 5.28. The Labute approximate surface area is 212 Å². The van der Waals surface area contributed by atoms with Crippen LogP contribution in [0.2, 0.25) is 10.0 Å². The van der Waals surface area contributed by atoms with Crippen LogP contribution in [0, 0.1) is 6.08 Å². The van der Waals surface area contributed by atoms with Crippen molar-refractivity contribution in [2.45, 2.75) is 6.42 Å². The number of rotatable bonds is 1. The third kappa shape index (κ3) is 5.81. The summed E-state index contributed by atoms with van der Waals surface area (Å²) in [5.74, 6) is 0. The molecule has 5 heteroatoms. The van der Waals surface area contributed by atoms with Crippen molar-refractivity contribution in [3.8, 4) is 0 Å². The van der Waals surface area contributed by atoms with Gasteiger partial charge in [-0.05, 0) is 6.07 Å². The van der Waals surface area contributed by atoms with Crippen LogP contribution in [0.3, 0.4) is 0 Å². The van der Waals surface area contributed by atoms with Gasteiger partial charge in [0.15, 0.2) is 0 Å². The number of fused-ring (bicyclic) bond motifs is 3. The Morgan fingerprint density at radius 1 is 0.759 bits per heavy atom. The fourth-order valence-electron chi connectivity index (χ4n) is 3.21. The van der Waals surface area contributed by atoms with Crippen molar-refractivity contribution in [3.63, 3.8) is 0 Å². The van der Waals surface area contributed by atoms with Crippen LogP contribution in [0.25, 0.3) is 27.1 Å². The first-order valence-corrected chi connectivity index (χ1v) is 9.24. The van der Waals surface area contributed by atoms with Gasteiger partial charge in [-0.15, -0.1) is 57.4 Å².